The van der Waals surface area contributed by atoms with Crippen molar-refractivity contribution in [1.29, 1.82) is 0 Å². The highest BCUT2D eigenvalue weighted by molar-refractivity contribution is 5.90. The first-order valence-corrected chi connectivity index (χ1v) is 9.24. The number of halogens is 1. The van der Waals surface area contributed by atoms with Crippen LogP contribution in [0.3, 0.4) is 0 Å². The lowest BCUT2D eigenvalue weighted by Gasteiger charge is -2.22. The lowest BCUT2D eigenvalue weighted by Crippen LogP contribution is -2.53. The maximum absolute atomic E-state index is 13.5. The van der Waals surface area contributed by atoms with Crippen LogP contribution in [0.1, 0.15) is 23.6 Å². The molecule has 0 bridgehead atoms. The first kappa shape index (κ1) is 22.1. The van der Waals surface area contributed by atoms with Crippen molar-refractivity contribution in [2.45, 2.75) is 38.8 Å². The van der Waals surface area contributed by atoms with Gasteiger partial charge in [-0.3, -0.25) is 9.59 Å². The van der Waals surface area contributed by atoms with Gasteiger partial charge in [-0.1, -0.05) is 36.4 Å². The molecule has 2 rings (SSSR count). The van der Waals surface area contributed by atoms with E-state index < -0.39 is 35.7 Å². The molecule has 0 unspecified atom stereocenters. The Kier molecular flexibility index (Phi) is 7.88. The number of nitrogens with one attached hydrogen (secondary N) is 2. The molecule has 0 aliphatic carbocycles. The van der Waals surface area contributed by atoms with Crippen LogP contribution < -0.4 is 10.6 Å². The van der Waals surface area contributed by atoms with E-state index in [1.54, 1.807) is 6.07 Å². The van der Waals surface area contributed by atoms with Gasteiger partial charge in [0.2, 0.25) is 11.8 Å². The SMILES string of the molecule is COC(=O)[C@@H](Cc1ccccc1C)NC(=O)[C@H](Cc1cccc(F)c1)NC(C)=O. The summed E-state index contributed by atoms with van der Waals surface area (Å²) >= 11 is 0. The third-order valence-corrected chi connectivity index (χ3v) is 4.51. The smallest absolute Gasteiger partial charge is 0.328 e. The molecule has 0 aliphatic rings. The molecule has 29 heavy (non-hydrogen) atoms. The summed E-state index contributed by atoms with van der Waals surface area (Å²) in [5.41, 5.74) is 2.42. The van der Waals surface area contributed by atoms with Crippen LogP contribution in [-0.2, 0) is 32.0 Å². The third kappa shape index (κ3) is 6.71. The van der Waals surface area contributed by atoms with E-state index >= 15 is 0 Å². The van der Waals surface area contributed by atoms with E-state index in [0.717, 1.165) is 11.1 Å². The number of amides is 2. The van der Waals surface area contributed by atoms with Gasteiger partial charge >= 0.3 is 5.97 Å². The number of benzene rings is 2. The first-order valence-electron chi connectivity index (χ1n) is 9.24. The molecule has 0 heterocycles. The number of hydrogen-bond acceptors (Lipinski definition) is 4. The second-order valence-corrected chi connectivity index (χ2v) is 6.80. The summed E-state index contributed by atoms with van der Waals surface area (Å²) in [7, 11) is 1.25. The average Bonchev–Trinajstić information content (AvgIpc) is 2.67. The molecule has 0 aromatic heterocycles. The number of aryl methyl sites for hydroxylation is 1. The highest BCUT2D eigenvalue weighted by atomic mass is 19.1. The van der Waals surface area contributed by atoms with Crippen molar-refractivity contribution in [3.63, 3.8) is 0 Å². The molecule has 0 saturated carbocycles. The zero-order valence-electron chi connectivity index (χ0n) is 16.7. The van der Waals surface area contributed by atoms with Crippen LogP contribution in [0.2, 0.25) is 0 Å². The first-order chi connectivity index (χ1) is 13.8. The number of carbonyl (C=O) groups excluding carboxylic acids is 3. The molecule has 6 nitrogen and oxygen atoms in total. The van der Waals surface area contributed by atoms with Crippen LogP contribution in [0.5, 0.6) is 0 Å². The number of hydrogen-bond donors (Lipinski definition) is 2. The quantitative estimate of drug-likeness (QED) is 0.665. The maximum Gasteiger partial charge on any atom is 0.328 e. The molecule has 0 saturated heterocycles. The zero-order valence-corrected chi connectivity index (χ0v) is 16.7. The standard InChI is InChI=1S/C22H25FN2O4/c1-14-7-4-5-9-17(14)13-20(22(28)29-3)25-21(27)19(24-15(2)26)12-16-8-6-10-18(23)11-16/h4-11,19-20H,12-13H2,1-3H3,(H,24,26)(H,25,27)/t19-,20+/m0/s1. The van der Waals surface area contributed by atoms with Crippen molar-refractivity contribution in [1.82, 2.24) is 10.6 Å². The second-order valence-electron chi connectivity index (χ2n) is 6.80. The fourth-order valence-electron chi connectivity index (χ4n) is 3.02. The number of rotatable bonds is 8. The summed E-state index contributed by atoms with van der Waals surface area (Å²) in [6, 6.07) is 11.4. The largest absolute Gasteiger partial charge is 0.467 e. The molecule has 0 spiro atoms. The molecule has 7 heteroatoms. The van der Waals surface area contributed by atoms with E-state index in [2.05, 4.69) is 10.6 Å². The van der Waals surface area contributed by atoms with Crippen LogP contribution in [0.15, 0.2) is 48.5 Å². The van der Waals surface area contributed by atoms with Gasteiger partial charge in [-0.15, -0.1) is 0 Å². The normalized spacial score (nSPS) is 12.6. The molecule has 2 aromatic carbocycles. The molecular weight excluding hydrogens is 375 g/mol. The molecule has 0 aliphatic heterocycles. The molecule has 0 fully saturated rings. The van der Waals surface area contributed by atoms with Gasteiger partial charge in [0.15, 0.2) is 0 Å². The lowest BCUT2D eigenvalue weighted by molar-refractivity contribution is -0.145. The van der Waals surface area contributed by atoms with E-state index in [1.807, 2.05) is 31.2 Å². The summed E-state index contributed by atoms with van der Waals surface area (Å²) in [6.07, 6.45) is 0.333. The van der Waals surface area contributed by atoms with Crippen LogP contribution in [0.25, 0.3) is 0 Å². The monoisotopic (exact) mass is 400 g/mol. The Morgan fingerprint density at radius 3 is 2.34 bits per heavy atom. The fraction of sp³-hybridized carbons (Fsp3) is 0.318. The average molecular weight is 400 g/mol. The maximum atomic E-state index is 13.5. The molecule has 0 radical (unpaired) electrons. The predicted molar refractivity (Wildman–Crippen MR) is 107 cm³/mol. The Morgan fingerprint density at radius 2 is 1.72 bits per heavy atom. The van der Waals surface area contributed by atoms with E-state index in [0.29, 0.717) is 5.56 Å². The summed E-state index contributed by atoms with van der Waals surface area (Å²) in [5, 5.41) is 5.22. The van der Waals surface area contributed by atoms with Crippen molar-refractivity contribution in [3.05, 3.63) is 71.0 Å². The molecule has 2 N–H and O–H groups in total. The minimum atomic E-state index is -0.960. The van der Waals surface area contributed by atoms with Gasteiger partial charge < -0.3 is 15.4 Å². The molecule has 2 aromatic rings. The highest BCUT2D eigenvalue weighted by Crippen LogP contribution is 2.12. The Balaban J connectivity index is 2.19. The number of methoxy groups -OCH3 is 1. The zero-order chi connectivity index (χ0) is 21.4. The van der Waals surface area contributed by atoms with Crippen LogP contribution in [-0.4, -0.2) is 37.0 Å². The summed E-state index contributed by atoms with van der Waals surface area (Å²) < 4.78 is 18.3. The van der Waals surface area contributed by atoms with Gasteiger partial charge in [-0.05, 0) is 35.7 Å². The van der Waals surface area contributed by atoms with Gasteiger partial charge in [0.25, 0.3) is 0 Å². The van der Waals surface area contributed by atoms with Crippen molar-refractivity contribution < 1.29 is 23.5 Å². The summed E-state index contributed by atoms with van der Waals surface area (Å²) in [4.78, 5) is 36.7. The molecule has 2 atom stereocenters. The van der Waals surface area contributed by atoms with Crippen molar-refractivity contribution >= 4 is 17.8 Å². The van der Waals surface area contributed by atoms with Gasteiger partial charge in [-0.2, -0.15) is 0 Å². The van der Waals surface area contributed by atoms with Crippen LogP contribution in [0.4, 0.5) is 4.39 Å². The molecule has 2 amide bonds. The Hall–Kier alpha value is -3.22. The van der Waals surface area contributed by atoms with Crippen LogP contribution >= 0.6 is 0 Å². The van der Waals surface area contributed by atoms with E-state index in [4.69, 9.17) is 4.74 Å². The van der Waals surface area contributed by atoms with Crippen LogP contribution in [0, 0.1) is 12.7 Å². The topological polar surface area (TPSA) is 84.5 Å². The lowest BCUT2D eigenvalue weighted by atomic mass is 10.00. The van der Waals surface area contributed by atoms with Gasteiger partial charge in [0, 0.05) is 19.8 Å². The van der Waals surface area contributed by atoms with E-state index in [-0.39, 0.29) is 12.8 Å². The van der Waals surface area contributed by atoms with E-state index in [9.17, 15) is 18.8 Å². The van der Waals surface area contributed by atoms with Gasteiger partial charge in [0.1, 0.15) is 17.9 Å². The highest BCUT2D eigenvalue weighted by Gasteiger charge is 2.27. The fourth-order valence-corrected chi connectivity index (χ4v) is 3.02. The van der Waals surface area contributed by atoms with E-state index in [1.165, 1.54) is 32.2 Å². The third-order valence-electron chi connectivity index (χ3n) is 4.51. The second kappa shape index (κ2) is 10.4. The Bertz CT molecular complexity index is 885. The molecular formula is C22H25FN2O4. The van der Waals surface area contributed by atoms with Gasteiger partial charge in [-0.25, -0.2) is 9.18 Å². The Morgan fingerprint density at radius 1 is 1.00 bits per heavy atom. The van der Waals surface area contributed by atoms with Crippen molar-refractivity contribution in [3.8, 4) is 0 Å². The summed E-state index contributed by atoms with van der Waals surface area (Å²) in [5.74, 6) is -1.98. The summed E-state index contributed by atoms with van der Waals surface area (Å²) in [6.45, 7) is 3.20. The number of esters is 1. The number of carbonyl (C=O) groups is 3. The van der Waals surface area contributed by atoms with Crippen molar-refractivity contribution in [2.24, 2.45) is 0 Å². The van der Waals surface area contributed by atoms with Crippen molar-refractivity contribution in [2.75, 3.05) is 7.11 Å². The predicted octanol–water partition coefficient (Wildman–Crippen LogP) is 2.08. The minimum absolute atomic E-state index is 0.0848. The number of ether oxygens (including phenoxy) is 1. The van der Waals surface area contributed by atoms with Gasteiger partial charge in [0.05, 0.1) is 7.11 Å². The minimum Gasteiger partial charge on any atom is -0.467 e. The molecule has 154 valence electrons. The Labute approximate surface area is 169 Å².